The van der Waals surface area contributed by atoms with Gasteiger partial charge < -0.3 is 20.1 Å². The molecule has 2 amide bonds. The molecular formula is C22H26N2O5. The van der Waals surface area contributed by atoms with Crippen molar-refractivity contribution in [3.63, 3.8) is 0 Å². The lowest BCUT2D eigenvalue weighted by Gasteiger charge is -2.14. The lowest BCUT2D eigenvalue weighted by Crippen LogP contribution is -2.37. The summed E-state index contributed by atoms with van der Waals surface area (Å²) < 4.78 is 10.0. The predicted octanol–water partition coefficient (Wildman–Crippen LogP) is 2.11. The number of benzene rings is 2. The van der Waals surface area contributed by atoms with Crippen LogP contribution in [0, 0.1) is 0 Å². The first-order valence-corrected chi connectivity index (χ1v) is 9.39. The molecule has 0 spiro atoms. The van der Waals surface area contributed by atoms with Crippen molar-refractivity contribution in [1.82, 2.24) is 10.6 Å². The molecule has 0 heterocycles. The second-order valence-electron chi connectivity index (χ2n) is 6.54. The lowest BCUT2D eigenvalue weighted by atomic mass is 10.1. The molecule has 0 radical (unpaired) electrons. The van der Waals surface area contributed by atoms with E-state index in [0.29, 0.717) is 11.3 Å². The second kappa shape index (κ2) is 11.5. The average Bonchev–Trinajstić information content (AvgIpc) is 2.75. The number of aryl methyl sites for hydroxylation is 1. The molecule has 0 saturated heterocycles. The van der Waals surface area contributed by atoms with Crippen molar-refractivity contribution in [3.05, 3.63) is 65.7 Å². The Morgan fingerprint density at radius 2 is 1.69 bits per heavy atom. The Kier molecular flexibility index (Phi) is 8.69. The summed E-state index contributed by atoms with van der Waals surface area (Å²) in [5, 5.41) is 5.24. The Morgan fingerprint density at radius 3 is 2.41 bits per heavy atom. The molecule has 0 fully saturated rings. The van der Waals surface area contributed by atoms with Crippen LogP contribution in [0.25, 0.3) is 0 Å². The molecule has 1 atom stereocenters. The van der Waals surface area contributed by atoms with Crippen molar-refractivity contribution in [2.75, 3.05) is 20.3 Å². The Labute approximate surface area is 170 Å². The monoisotopic (exact) mass is 398 g/mol. The van der Waals surface area contributed by atoms with Gasteiger partial charge in [0.15, 0.2) is 6.61 Å². The number of carbonyl (C=O) groups is 3. The number of rotatable bonds is 10. The van der Waals surface area contributed by atoms with E-state index in [-0.39, 0.29) is 25.1 Å². The molecule has 7 nitrogen and oxygen atoms in total. The number of hydrogen-bond acceptors (Lipinski definition) is 5. The zero-order valence-electron chi connectivity index (χ0n) is 16.6. The molecule has 154 valence electrons. The highest BCUT2D eigenvalue weighted by Crippen LogP contribution is 2.16. The summed E-state index contributed by atoms with van der Waals surface area (Å²) in [5.41, 5.74) is 1.51. The second-order valence-corrected chi connectivity index (χ2v) is 6.54. The van der Waals surface area contributed by atoms with Crippen molar-refractivity contribution in [3.8, 4) is 5.75 Å². The number of ether oxygens (including phenoxy) is 2. The molecular weight excluding hydrogens is 372 g/mol. The summed E-state index contributed by atoms with van der Waals surface area (Å²) in [6, 6.07) is 16.6. The smallest absolute Gasteiger partial charge is 0.325 e. The van der Waals surface area contributed by atoms with Gasteiger partial charge in [-0.1, -0.05) is 42.5 Å². The van der Waals surface area contributed by atoms with Gasteiger partial charge in [0.25, 0.3) is 11.8 Å². The van der Waals surface area contributed by atoms with Crippen LogP contribution in [0.2, 0.25) is 0 Å². The number of hydrogen-bond donors (Lipinski definition) is 2. The molecule has 0 unspecified atom stereocenters. The first-order valence-electron chi connectivity index (χ1n) is 9.39. The number of amides is 2. The van der Waals surface area contributed by atoms with Crippen molar-refractivity contribution in [2.24, 2.45) is 0 Å². The van der Waals surface area contributed by atoms with E-state index >= 15 is 0 Å². The van der Waals surface area contributed by atoms with Crippen LogP contribution in [-0.2, 0) is 20.7 Å². The molecule has 2 N–H and O–H groups in total. The van der Waals surface area contributed by atoms with Gasteiger partial charge in [0, 0.05) is 6.04 Å². The van der Waals surface area contributed by atoms with Gasteiger partial charge in [0.05, 0.1) is 12.7 Å². The highest BCUT2D eigenvalue weighted by molar-refractivity contribution is 5.98. The van der Waals surface area contributed by atoms with Crippen LogP contribution in [0.3, 0.4) is 0 Å². The summed E-state index contributed by atoms with van der Waals surface area (Å²) >= 11 is 0. The van der Waals surface area contributed by atoms with Gasteiger partial charge in [0.1, 0.15) is 12.3 Å². The molecule has 0 aliphatic carbocycles. The van der Waals surface area contributed by atoms with Gasteiger partial charge in [-0.15, -0.1) is 0 Å². The summed E-state index contributed by atoms with van der Waals surface area (Å²) in [6.45, 7) is 1.17. The zero-order chi connectivity index (χ0) is 21.1. The van der Waals surface area contributed by atoms with Gasteiger partial charge in [-0.2, -0.15) is 0 Å². The first-order chi connectivity index (χ1) is 14.0. The molecule has 2 aromatic rings. The van der Waals surface area contributed by atoms with Crippen LogP contribution in [0.5, 0.6) is 5.75 Å². The minimum Gasteiger partial charge on any atom is -0.496 e. The van der Waals surface area contributed by atoms with Crippen LogP contribution in [0.15, 0.2) is 54.6 Å². The van der Waals surface area contributed by atoms with Gasteiger partial charge in [-0.3, -0.25) is 14.4 Å². The van der Waals surface area contributed by atoms with Gasteiger partial charge in [0.2, 0.25) is 0 Å². The van der Waals surface area contributed by atoms with Crippen molar-refractivity contribution < 1.29 is 23.9 Å². The quantitative estimate of drug-likeness (QED) is 0.598. The van der Waals surface area contributed by atoms with E-state index < -0.39 is 11.9 Å². The fraction of sp³-hybridized carbons (Fsp3) is 0.318. The third kappa shape index (κ3) is 7.65. The maximum Gasteiger partial charge on any atom is 0.325 e. The number of para-hydroxylation sites is 1. The predicted molar refractivity (Wildman–Crippen MR) is 109 cm³/mol. The van der Waals surface area contributed by atoms with Crippen LogP contribution in [0.4, 0.5) is 0 Å². The zero-order valence-corrected chi connectivity index (χ0v) is 16.6. The number of esters is 1. The Morgan fingerprint density at radius 1 is 1.00 bits per heavy atom. The fourth-order valence-corrected chi connectivity index (χ4v) is 2.69. The van der Waals surface area contributed by atoms with Crippen LogP contribution < -0.4 is 15.4 Å². The SMILES string of the molecule is COc1ccccc1C(=O)NCC(=O)OCC(=O)N[C@@H](C)CCc1ccccc1. The highest BCUT2D eigenvalue weighted by Gasteiger charge is 2.14. The normalized spacial score (nSPS) is 11.2. The van der Waals surface area contributed by atoms with E-state index in [1.807, 2.05) is 37.3 Å². The summed E-state index contributed by atoms with van der Waals surface area (Å²) in [6.07, 6.45) is 1.62. The third-order valence-corrected chi connectivity index (χ3v) is 4.23. The summed E-state index contributed by atoms with van der Waals surface area (Å²) in [7, 11) is 1.46. The van der Waals surface area contributed by atoms with Gasteiger partial charge >= 0.3 is 5.97 Å². The van der Waals surface area contributed by atoms with Crippen molar-refractivity contribution >= 4 is 17.8 Å². The third-order valence-electron chi connectivity index (χ3n) is 4.23. The van der Waals surface area contributed by atoms with E-state index in [2.05, 4.69) is 10.6 Å². The minimum absolute atomic E-state index is 0.0494. The number of methoxy groups -OCH3 is 1. The minimum atomic E-state index is -0.694. The van der Waals surface area contributed by atoms with Gasteiger partial charge in [-0.25, -0.2) is 0 Å². The fourth-order valence-electron chi connectivity index (χ4n) is 2.69. The van der Waals surface area contributed by atoms with Crippen LogP contribution >= 0.6 is 0 Å². The molecule has 2 aromatic carbocycles. The Hall–Kier alpha value is -3.35. The average molecular weight is 398 g/mol. The molecule has 0 bridgehead atoms. The maximum absolute atomic E-state index is 12.1. The van der Waals surface area contributed by atoms with E-state index in [4.69, 9.17) is 9.47 Å². The molecule has 2 rings (SSSR count). The van der Waals surface area contributed by atoms with E-state index in [1.165, 1.54) is 12.7 Å². The molecule has 7 heteroatoms. The lowest BCUT2D eigenvalue weighted by molar-refractivity contribution is -0.147. The topological polar surface area (TPSA) is 93.7 Å². The van der Waals surface area contributed by atoms with E-state index in [9.17, 15) is 14.4 Å². The summed E-state index contributed by atoms with van der Waals surface area (Å²) in [4.78, 5) is 35.8. The van der Waals surface area contributed by atoms with E-state index in [1.54, 1.807) is 24.3 Å². The first kappa shape index (κ1) is 21.9. The molecule has 0 saturated carbocycles. The van der Waals surface area contributed by atoms with Gasteiger partial charge in [-0.05, 0) is 37.5 Å². The molecule has 0 aliphatic rings. The Bertz CT molecular complexity index is 823. The van der Waals surface area contributed by atoms with E-state index in [0.717, 1.165) is 12.8 Å². The van der Waals surface area contributed by atoms with Crippen LogP contribution in [-0.4, -0.2) is 44.1 Å². The number of carbonyl (C=O) groups excluding carboxylic acids is 3. The van der Waals surface area contributed by atoms with Crippen LogP contribution in [0.1, 0.15) is 29.3 Å². The highest BCUT2D eigenvalue weighted by atomic mass is 16.5. The largest absolute Gasteiger partial charge is 0.496 e. The standard InChI is InChI=1S/C22H26N2O5/c1-16(12-13-17-8-4-3-5-9-17)24-20(25)15-29-21(26)14-23-22(27)18-10-6-7-11-19(18)28-2/h3-11,16H,12-15H2,1-2H3,(H,23,27)(H,24,25)/t16-/m0/s1. The maximum atomic E-state index is 12.1. The molecule has 29 heavy (non-hydrogen) atoms. The van der Waals surface area contributed by atoms with Crippen molar-refractivity contribution in [2.45, 2.75) is 25.8 Å². The number of nitrogens with one attached hydrogen (secondary N) is 2. The molecule has 0 aliphatic heterocycles. The van der Waals surface area contributed by atoms with Crippen molar-refractivity contribution in [1.29, 1.82) is 0 Å². The summed E-state index contributed by atoms with van der Waals surface area (Å²) in [5.74, 6) is -1.13. The molecule has 0 aromatic heterocycles. The Balaban J connectivity index is 1.66.